The van der Waals surface area contributed by atoms with Gasteiger partial charge >= 0.3 is 5.97 Å². The number of methoxy groups -OCH3 is 1. The Kier molecular flexibility index (Phi) is 5.75. The van der Waals surface area contributed by atoms with Gasteiger partial charge in [0.15, 0.2) is 0 Å². The molecule has 0 unspecified atom stereocenters. The number of anilines is 1. The molecule has 1 amide bonds. The van der Waals surface area contributed by atoms with E-state index in [9.17, 15) is 14.7 Å². The number of carboxylic acid groups (broad SMARTS) is 1. The lowest BCUT2D eigenvalue weighted by molar-refractivity contribution is -0.121. The van der Waals surface area contributed by atoms with Gasteiger partial charge in [0.1, 0.15) is 22.7 Å². The Morgan fingerprint density at radius 1 is 1.14 bits per heavy atom. The summed E-state index contributed by atoms with van der Waals surface area (Å²) in [6, 6.07) is 16.4. The molecule has 7 heteroatoms. The molecule has 3 aromatic rings. The smallest absolute Gasteiger partial charge is 0.339 e. The summed E-state index contributed by atoms with van der Waals surface area (Å²) < 4.78 is 11.4. The van der Waals surface area contributed by atoms with Crippen molar-refractivity contribution in [1.82, 2.24) is 0 Å². The number of nitrogens with zero attached hydrogens (tertiary/aromatic N) is 1. The molecular weight excluding hydrogens is 478 g/mol. The van der Waals surface area contributed by atoms with Gasteiger partial charge in [0.2, 0.25) is 5.91 Å². The first-order valence-corrected chi connectivity index (χ1v) is 12.3. The Balaban J connectivity index is 1.61. The molecular formula is C29H28ClNO5. The number of carbonyl (C=O) groups is 2. The van der Waals surface area contributed by atoms with Crippen molar-refractivity contribution >= 4 is 29.2 Å². The second-order valence-electron chi connectivity index (χ2n) is 10.2. The van der Waals surface area contributed by atoms with E-state index in [2.05, 4.69) is 19.9 Å². The summed E-state index contributed by atoms with van der Waals surface area (Å²) in [6.45, 7) is 6.14. The van der Waals surface area contributed by atoms with Crippen molar-refractivity contribution in [3.8, 4) is 11.5 Å². The number of fused-ring (bicyclic) bond motifs is 2. The molecule has 2 aliphatic heterocycles. The molecule has 3 aromatic carbocycles. The number of hydrogen-bond acceptors (Lipinski definition) is 4. The highest BCUT2D eigenvalue weighted by Crippen LogP contribution is 2.49. The van der Waals surface area contributed by atoms with Crippen molar-refractivity contribution in [1.29, 1.82) is 0 Å². The number of ether oxygens (including phenoxy) is 2. The highest BCUT2D eigenvalue weighted by Gasteiger charge is 2.49. The number of hydrogen-bond donors (Lipinski definition) is 1. The topological polar surface area (TPSA) is 76.1 Å². The van der Waals surface area contributed by atoms with E-state index >= 15 is 0 Å². The second kappa shape index (κ2) is 8.56. The number of benzene rings is 3. The molecule has 0 fully saturated rings. The zero-order valence-electron chi connectivity index (χ0n) is 20.7. The lowest BCUT2D eigenvalue weighted by Gasteiger charge is -2.34. The second-order valence-corrected chi connectivity index (χ2v) is 10.6. The van der Waals surface area contributed by atoms with Gasteiger partial charge in [0.05, 0.1) is 19.1 Å². The van der Waals surface area contributed by atoms with Crippen molar-refractivity contribution in [2.45, 2.75) is 51.2 Å². The van der Waals surface area contributed by atoms with Crippen LogP contribution in [0.1, 0.15) is 59.8 Å². The quantitative estimate of drug-likeness (QED) is 0.460. The molecule has 0 radical (unpaired) electrons. The van der Waals surface area contributed by atoms with Crippen molar-refractivity contribution in [3.05, 3.63) is 87.4 Å². The van der Waals surface area contributed by atoms with E-state index in [4.69, 9.17) is 21.1 Å². The maximum Gasteiger partial charge on any atom is 0.339 e. The third-order valence-electron chi connectivity index (χ3n) is 7.36. The fraction of sp³-hybridized carbons (Fsp3) is 0.310. The van der Waals surface area contributed by atoms with E-state index in [0.717, 1.165) is 35.3 Å². The van der Waals surface area contributed by atoms with Crippen LogP contribution >= 0.6 is 11.6 Å². The molecule has 36 heavy (non-hydrogen) atoms. The van der Waals surface area contributed by atoms with Crippen LogP contribution in [0.25, 0.3) is 0 Å². The molecule has 1 atom stereocenters. The van der Waals surface area contributed by atoms with Crippen LogP contribution in [-0.4, -0.2) is 29.7 Å². The van der Waals surface area contributed by atoms with Gasteiger partial charge in [-0.2, -0.15) is 0 Å². The number of aromatic carboxylic acids is 1. The number of carboxylic acids is 1. The first-order chi connectivity index (χ1) is 17.0. The first-order valence-electron chi connectivity index (χ1n) is 11.9. The Morgan fingerprint density at radius 3 is 2.64 bits per heavy atom. The highest BCUT2D eigenvalue weighted by molar-refractivity contribution is 6.31. The predicted octanol–water partition coefficient (Wildman–Crippen LogP) is 6.00. The minimum absolute atomic E-state index is 0.0467. The Bertz CT molecular complexity index is 1400. The standard InChI is InChI=1S/C29H28ClNO5/c1-28(2)13-12-17-14-19(8-11-23(17)36-28)29(3)21-15-20(30)9-10-22(21)31(27(29)34)16-18-6-5-7-24(35-4)25(18)26(32)33/h5-11,14-15H,12-13,16H2,1-4H3,(H,32,33)/t29-/m0/s1. The number of amides is 1. The van der Waals surface area contributed by atoms with E-state index in [1.165, 1.54) is 7.11 Å². The molecule has 0 aliphatic carbocycles. The van der Waals surface area contributed by atoms with Gasteiger partial charge in [0.25, 0.3) is 0 Å². The monoisotopic (exact) mass is 505 g/mol. The number of rotatable bonds is 5. The van der Waals surface area contributed by atoms with Gasteiger partial charge in [-0.1, -0.05) is 35.9 Å². The van der Waals surface area contributed by atoms with Crippen LogP contribution in [0, 0.1) is 0 Å². The van der Waals surface area contributed by atoms with Crippen molar-refractivity contribution in [3.63, 3.8) is 0 Å². The zero-order chi connectivity index (χ0) is 25.8. The molecule has 6 nitrogen and oxygen atoms in total. The van der Waals surface area contributed by atoms with E-state index < -0.39 is 11.4 Å². The summed E-state index contributed by atoms with van der Waals surface area (Å²) in [5, 5.41) is 10.4. The average molecular weight is 506 g/mol. The summed E-state index contributed by atoms with van der Waals surface area (Å²) >= 11 is 6.40. The van der Waals surface area contributed by atoms with Gasteiger partial charge in [-0.05, 0) is 86.2 Å². The minimum atomic E-state index is -1.11. The number of carbonyl (C=O) groups excluding carboxylic acids is 1. The fourth-order valence-corrected chi connectivity index (χ4v) is 5.51. The van der Waals surface area contributed by atoms with Gasteiger partial charge in [-0.15, -0.1) is 0 Å². The van der Waals surface area contributed by atoms with Crippen LogP contribution in [0.4, 0.5) is 5.69 Å². The molecule has 0 bridgehead atoms. The summed E-state index contributed by atoms with van der Waals surface area (Å²) in [7, 11) is 1.43. The molecule has 5 rings (SSSR count). The van der Waals surface area contributed by atoms with Crippen molar-refractivity contribution < 1.29 is 24.2 Å². The van der Waals surface area contributed by atoms with Gasteiger partial charge in [-0.3, -0.25) is 4.79 Å². The average Bonchev–Trinajstić information content (AvgIpc) is 3.05. The maximum absolute atomic E-state index is 14.2. The normalized spacial score (nSPS) is 19.9. The van der Waals surface area contributed by atoms with E-state index in [0.29, 0.717) is 16.3 Å². The number of aryl methyl sites for hydroxylation is 1. The van der Waals surface area contributed by atoms with E-state index in [1.54, 1.807) is 29.2 Å². The van der Waals surface area contributed by atoms with E-state index in [-0.39, 0.29) is 29.4 Å². The third kappa shape index (κ3) is 3.80. The summed E-state index contributed by atoms with van der Waals surface area (Å²) in [6.07, 6.45) is 1.74. The minimum Gasteiger partial charge on any atom is -0.496 e. The van der Waals surface area contributed by atoms with Crippen LogP contribution in [0.15, 0.2) is 54.6 Å². The summed E-state index contributed by atoms with van der Waals surface area (Å²) in [5.41, 5.74) is 2.74. The maximum atomic E-state index is 14.2. The fourth-order valence-electron chi connectivity index (χ4n) is 5.34. The number of halogens is 1. The van der Waals surface area contributed by atoms with Crippen LogP contribution in [-0.2, 0) is 23.2 Å². The van der Waals surface area contributed by atoms with Crippen LogP contribution in [0.2, 0.25) is 5.02 Å². The largest absolute Gasteiger partial charge is 0.496 e. The lowest BCUT2D eigenvalue weighted by atomic mass is 9.76. The molecule has 1 N–H and O–H groups in total. The van der Waals surface area contributed by atoms with Gasteiger partial charge < -0.3 is 19.5 Å². The van der Waals surface area contributed by atoms with Crippen LogP contribution < -0.4 is 14.4 Å². The van der Waals surface area contributed by atoms with Crippen LogP contribution in [0.5, 0.6) is 11.5 Å². The summed E-state index contributed by atoms with van der Waals surface area (Å²) in [5.74, 6) is -0.153. The predicted molar refractivity (Wildman–Crippen MR) is 139 cm³/mol. The molecule has 0 aromatic heterocycles. The Labute approximate surface area is 215 Å². The molecule has 0 spiro atoms. The molecule has 2 aliphatic rings. The Morgan fingerprint density at radius 2 is 1.92 bits per heavy atom. The SMILES string of the molecule is COc1cccc(CN2C(=O)[C@@](C)(c3ccc4c(c3)CCC(C)(C)O4)c3cc(Cl)ccc32)c1C(=O)O. The highest BCUT2D eigenvalue weighted by atomic mass is 35.5. The third-order valence-corrected chi connectivity index (χ3v) is 7.59. The first kappa shape index (κ1) is 24.2. The molecule has 2 heterocycles. The lowest BCUT2D eigenvalue weighted by Crippen LogP contribution is -2.39. The van der Waals surface area contributed by atoms with Gasteiger partial charge in [-0.25, -0.2) is 4.79 Å². The Hall–Kier alpha value is -3.51. The zero-order valence-corrected chi connectivity index (χ0v) is 21.5. The molecule has 0 saturated heterocycles. The van der Waals surface area contributed by atoms with Crippen molar-refractivity contribution in [2.75, 3.05) is 12.0 Å². The van der Waals surface area contributed by atoms with Gasteiger partial charge in [0, 0.05) is 10.7 Å². The van der Waals surface area contributed by atoms with Crippen molar-refractivity contribution in [2.24, 2.45) is 0 Å². The van der Waals surface area contributed by atoms with Crippen LogP contribution in [0.3, 0.4) is 0 Å². The van der Waals surface area contributed by atoms with E-state index in [1.807, 2.05) is 31.2 Å². The summed E-state index contributed by atoms with van der Waals surface area (Å²) in [4.78, 5) is 27.9. The molecule has 0 saturated carbocycles. The molecule has 186 valence electrons.